The lowest BCUT2D eigenvalue weighted by molar-refractivity contribution is 0.387. The molecular formula is C13H13ClFNO. The number of aromatic nitrogens is 1. The molecule has 0 saturated carbocycles. The first-order valence-electron chi connectivity index (χ1n) is 5.36. The molecule has 0 fully saturated rings. The van der Waals surface area contributed by atoms with Gasteiger partial charge in [-0.3, -0.25) is 4.98 Å². The molecule has 2 aromatic rings. The molecule has 17 heavy (non-hydrogen) atoms. The summed E-state index contributed by atoms with van der Waals surface area (Å²) >= 11 is 6.17. The predicted molar refractivity (Wildman–Crippen MR) is 67.4 cm³/mol. The first-order valence-corrected chi connectivity index (χ1v) is 5.74. The highest BCUT2D eigenvalue weighted by atomic mass is 35.5. The van der Waals surface area contributed by atoms with E-state index >= 15 is 0 Å². The third-order valence-electron chi connectivity index (χ3n) is 2.64. The van der Waals surface area contributed by atoms with Crippen LogP contribution in [-0.2, 0) is 0 Å². The Morgan fingerprint density at radius 3 is 2.59 bits per heavy atom. The second-order valence-corrected chi connectivity index (χ2v) is 4.59. The Morgan fingerprint density at radius 1 is 1.29 bits per heavy atom. The Labute approximate surface area is 104 Å². The van der Waals surface area contributed by atoms with E-state index in [0.717, 1.165) is 5.69 Å². The summed E-state index contributed by atoms with van der Waals surface area (Å²) in [7, 11) is 1.42. The number of ether oxygens (including phenoxy) is 1. The first-order chi connectivity index (χ1) is 8.02. The van der Waals surface area contributed by atoms with Crippen molar-refractivity contribution in [2.45, 2.75) is 19.8 Å². The van der Waals surface area contributed by atoms with Crippen LogP contribution in [0.5, 0.6) is 5.75 Å². The topological polar surface area (TPSA) is 22.1 Å². The van der Waals surface area contributed by atoms with Gasteiger partial charge in [0.1, 0.15) is 0 Å². The summed E-state index contributed by atoms with van der Waals surface area (Å²) in [6.45, 7) is 4.04. The van der Waals surface area contributed by atoms with Gasteiger partial charge in [-0.2, -0.15) is 0 Å². The van der Waals surface area contributed by atoms with Gasteiger partial charge in [-0.05, 0) is 18.1 Å². The van der Waals surface area contributed by atoms with Gasteiger partial charge in [-0.1, -0.05) is 25.4 Å². The van der Waals surface area contributed by atoms with Gasteiger partial charge >= 0.3 is 0 Å². The quantitative estimate of drug-likeness (QED) is 0.802. The van der Waals surface area contributed by atoms with E-state index in [4.69, 9.17) is 16.3 Å². The largest absolute Gasteiger partial charge is 0.494 e. The molecule has 90 valence electrons. The number of hydrogen-bond acceptors (Lipinski definition) is 2. The molecule has 2 rings (SSSR count). The molecule has 1 aromatic carbocycles. The second-order valence-electron chi connectivity index (χ2n) is 4.19. The third kappa shape index (κ3) is 2.20. The molecule has 0 unspecified atom stereocenters. The summed E-state index contributed by atoms with van der Waals surface area (Å²) in [5, 5.41) is 1.27. The highest BCUT2D eigenvalue weighted by molar-refractivity contribution is 6.35. The number of hydrogen-bond donors (Lipinski definition) is 0. The summed E-state index contributed by atoms with van der Waals surface area (Å²) in [5.74, 6) is 0.00466. The predicted octanol–water partition coefficient (Wildman–Crippen LogP) is 4.16. The smallest absolute Gasteiger partial charge is 0.167 e. The minimum atomic E-state index is -0.426. The minimum absolute atomic E-state index is 0.179. The Kier molecular flexibility index (Phi) is 3.20. The number of halogens is 2. The van der Waals surface area contributed by atoms with Crippen molar-refractivity contribution in [3.8, 4) is 5.75 Å². The third-order valence-corrected chi connectivity index (χ3v) is 2.96. The molecule has 0 saturated heterocycles. The number of fused-ring (bicyclic) bond motifs is 1. The summed E-state index contributed by atoms with van der Waals surface area (Å²) in [5.41, 5.74) is 1.41. The van der Waals surface area contributed by atoms with E-state index < -0.39 is 5.82 Å². The number of nitrogens with zero attached hydrogens (tertiary/aromatic N) is 1. The van der Waals surface area contributed by atoms with Crippen LogP contribution in [0.2, 0.25) is 5.02 Å². The van der Waals surface area contributed by atoms with Crippen LogP contribution in [-0.4, -0.2) is 12.1 Å². The van der Waals surface area contributed by atoms with Crippen molar-refractivity contribution in [1.82, 2.24) is 4.98 Å². The molecule has 0 radical (unpaired) electrons. The maximum absolute atomic E-state index is 13.6. The molecule has 0 atom stereocenters. The van der Waals surface area contributed by atoms with E-state index in [2.05, 4.69) is 4.98 Å². The Bertz CT molecular complexity index is 569. The van der Waals surface area contributed by atoms with E-state index in [9.17, 15) is 4.39 Å². The van der Waals surface area contributed by atoms with Gasteiger partial charge in [0, 0.05) is 17.1 Å². The highest BCUT2D eigenvalue weighted by Crippen LogP contribution is 2.30. The molecule has 0 amide bonds. The maximum atomic E-state index is 13.6. The van der Waals surface area contributed by atoms with Crippen LogP contribution in [0.1, 0.15) is 25.5 Å². The van der Waals surface area contributed by atoms with Gasteiger partial charge in [0.2, 0.25) is 0 Å². The number of rotatable bonds is 2. The zero-order valence-corrected chi connectivity index (χ0v) is 10.7. The van der Waals surface area contributed by atoms with Gasteiger partial charge in [-0.15, -0.1) is 0 Å². The van der Waals surface area contributed by atoms with Crippen LogP contribution in [0, 0.1) is 5.82 Å². The van der Waals surface area contributed by atoms with Crippen LogP contribution in [0.15, 0.2) is 18.2 Å². The van der Waals surface area contributed by atoms with Crippen molar-refractivity contribution < 1.29 is 9.13 Å². The SMILES string of the molecule is COc1cc2c(Cl)cc(C(C)C)nc2cc1F. The molecule has 0 N–H and O–H groups in total. The van der Waals surface area contributed by atoms with Gasteiger partial charge < -0.3 is 4.74 Å². The van der Waals surface area contributed by atoms with Crippen LogP contribution in [0.25, 0.3) is 10.9 Å². The van der Waals surface area contributed by atoms with Crippen molar-refractivity contribution in [3.63, 3.8) is 0 Å². The van der Waals surface area contributed by atoms with Crippen LogP contribution < -0.4 is 4.74 Å². The van der Waals surface area contributed by atoms with Gasteiger partial charge in [0.15, 0.2) is 11.6 Å². The number of benzene rings is 1. The zero-order chi connectivity index (χ0) is 12.6. The summed E-state index contributed by atoms with van der Waals surface area (Å²) < 4.78 is 18.5. The molecule has 0 aliphatic rings. The van der Waals surface area contributed by atoms with Crippen molar-refractivity contribution in [1.29, 1.82) is 0 Å². The average Bonchev–Trinajstić information content (AvgIpc) is 2.27. The molecule has 1 heterocycles. The van der Waals surface area contributed by atoms with E-state index in [-0.39, 0.29) is 11.7 Å². The maximum Gasteiger partial charge on any atom is 0.167 e. The molecule has 1 aromatic heterocycles. The first kappa shape index (κ1) is 12.1. The molecule has 0 spiro atoms. The molecule has 0 aliphatic heterocycles. The normalized spacial score (nSPS) is 11.2. The second kappa shape index (κ2) is 4.49. The lowest BCUT2D eigenvalue weighted by Crippen LogP contribution is -1.95. The lowest BCUT2D eigenvalue weighted by atomic mass is 10.1. The fraction of sp³-hybridized carbons (Fsp3) is 0.308. The van der Waals surface area contributed by atoms with Crippen LogP contribution >= 0.6 is 11.6 Å². The molecule has 4 heteroatoms. The van der Waals surface area contributed by atoms with Crippen molar-refractivity contribution in [2.24, 2.45) is 0 Å². The Hall–Kier alpha value is -1.35. The van der Waals surface area contributed by atoms with Gasteiger partial charge in [-0.25, -0.2) is 4.39 Å². The highest BCUT2D eigenvalue weighted by Gasteiger charge is 2.11. The molecule has 2 nitrogen and oxygen atoms in total. The number of methoxy groups -OCH3 is 1. The van der Waals surface area contributed by atoms with Crippen molar-refractivity contribution in [3.05, 3.63) is 34.7 Å². The summed E-state index contributed by atoms with van der Waals surface area (Å²) in [6, 6.07) is 4.74. The van der Waals surface area contributed by atoms with E-state index in [1.54, 1.807) is 6.07 Å². The standard InChI is InChI=1S/C13H13ClFNO/c1-7(2)11-5-9(14)8-4-13(17-3)10(15)6-12(8)16-11/h4-7H,1-3H3. The lowest BCUT2D eigenvalue weighted by Gasteiger charge is -2.09. The summed E-state index contributed by atoms with van der Waals surface area (Å²) in [4.78, 5) is 4.39. The molecular weight excluding hydrogens is 241 g/mol. The van der Waals surface area contributed by atoms with Crippen LogP contribution in [0.3, 0.4) is 0 Å². The van der Waals surface area contributed by atoms with E-state index in [1.165, 1.54) is 13.2 Å². The van der Waals surface area contributed by atoms with Crippen LogP contribution in [0.4, 0.5) is 4.39 Å². The van der Waals surface area contributed by atoms with E-state index in [1.807, 2.05) is 19.9 Å². The summed E-state index contributed by atoms with van der Waals surface area (Å²) in [6.07, 6.45) is 0. The zero-order valence-electron chi connectivity index (χ0n) is 9.92. The fourth-order valence-electron chi connectivity index (χ4n) is 1.66. The Morgan fingerprint density at radius 2 is 2.00 bits per heavy atom. The fourth-order valence-corrected chi connectivity index (χ4v) is 1.92. The van der Waals surface area contributed by atoms with Crippen molar-refractivity contribution in [2.75, 3.05) is 7.11 Å². The van der Waals surface area contributed by atoms with Gasteiger partial charge in [0.05, 0.1) is 17.6 Å². The molecule has 0 bridgehead atoms. The minimum Gasteiger partial charge on any atom is -0.494 e. The van der Waals surface area contributed by atoms with Gasteiger partial charge in [0.25, 0.3) is 0 Å². The molecule has 0 aliphatic carbocycles. The number of pyridine rings is 1. The monoisotopic (exact) mass is 253 g/mol. The Balaban J connectivity index is 2.73. The average molecular weight is 254 g/mol. The van der Waals surface area contributed by atoms with Crippen molar-refractivity contribution >= 4 is 22.5 Å². The van der Waals surface area contributed by atoms with E-state index in [0.29, 0.717) is 15.9 Å².